The van der Waals surface area contributed by atoms with Crippen LogP contribution >= 0.6 is 27.5 Å². The van der Waals surface area contributed by atoms with E-state index in [-0.39, 0.29) is 5.28 Å². The number of fused-ring (bicyclic) bond motifs is 1. The Labute approximate surface area is 82.5 Å². The lowest BCUT2D eigenvalue weighted by Crippen LogP contribution is -1.95. The van der Waals surface area contributed by atoms with Gasteiger partial charge in [0.2, 0.25) is 5.28 Å². The number of halogens is 2. The molecule has 0 aromatic carbocycles. The molecule has 62 valence electrons. The third-order valence-corrected chi connectivity index (χ3v) is 2.18. The van der Waals surface area contributed by atoms with Gasteiger partial charge in [0.25, 0.3) is 0 Å². The maximum atomic E-state index is 5.67. The molecule has 0 saturated heterocycles. The van der Waals surface area contributed by atoms with Crippen molar-refractivity contribution in [3.05, 3.63) is 27.7 Å². The van der Waals surface area contributed by atoms with Crippen molar-refractivity contribution in [2.45, 2.75) is 6.92 Å². The van der Waals surface area contributed by atoms with Crippen LogP contribution in [-0.4, -0.2) is 14.6 Å². The smallest absolute Gasteiger partial charge is 0.235 e. The highest BCUT2D eigenvalue weighted by Crippen LogP contribution is 2.17. The second-order valence-corrected chi connectivity index (χ2v) is 3.71. The van der Waals surface area contributed by atoms with E-state index in [0.717, 1.165) is 15.7 Å². The second-order valence-electron chi connectivity index (χ2n) is 2.45. The first kappa shape index (κ1) is 8.01. The van der Waals surface area contributed by atoms with Gasteiger partial charge in [-0.25, -0.2) is 9.50 Å². The number of hydrogen-bond donors (Lipinski definition) is 0. The predicted molar refractivity (Wildman–Crippen MR) is 50.4 cm³/mol. The summed E-state index contributed by atoms with van der Waals surface area (Å²) in [6.45, 7) is 1.90. The average molecular weight is 246 g/mol. The van der Waals surface area contributed by atoms with Crippen LogP contribution in [0.5, 0.6) is 0 Å². The first-order valence-electron chi connectivity index (χ1n) is 3.35. The van der Waals surface area contributed by atoms with Crippen LogP contribution in [0.15, 0.2) is 16.7 Å². The van der Waals surface area contributed by atoms with Crippen molar-refractivity contribution >= 4 is 33.0 Å². The first-order valence-corrected chi connectivity index (χ1v) is 4.52. The van der Waals surface area contributed by atoms with Crippen molar-refractivity contribution in [3.63, 3.8) is 0 Å². The molecule has 0 fully saturated rings. The lowest BCUT2D eigenvalue weighted by Gasteiger charge is -1.96. The van der Waals surface area contributed by atoms with E-state index in [1.54, 1.807) is 4.52 Å². The summed E-state index contributed by atoms with van der Waals surface area (Å²) in [6.07, 6.45) is 1.84. The van der Waals surface area contributed by atoms with E-state index in [0.29, 0.717) is 0 Å². The maximum Gasteiger partial charge on any atom is 0.241 e. The molecule has 0 aliphatic rings. The monoisotopic (exact) mass is 245 g/mol. The van der Waals surface area contributed by atoms with E-state index >= 15 is 0 Å². The van der Waals surface area contributed by atoms with Gasteiger partial charge in [-0.1, -0.05) is 0 Å². The van der Waals surface area contributed by atoms with Gasteiger partial charge in [-0.3, -0.25) is 0 Å². The van der Waals surface area contributed by atoms with E-state index in [1.807, 2.05) is 19.2 Å². The molecule has 5 heteroatoms. The van der Waals surface area contributed by atoms with Gasteiger partial charge in [-0.15, -0.1) is 5.10 Å². The second kappa shape index (κ2) is 2.71. The standard InChI is InChI=1S/C7H5BrClN3/c1-4-6-2-5(8)3-12(6)11-7(9)10-4/h2-3H,1H3. The molecule has 0 aliphatic heterocycles. The number of aryl methyl sites for hydroxylation is 1. The maximum absolute atomic E-state index is 5.67. The molecule has 0 aliphatic carbocycles. The quantitative estimate of drug-likeness (QED) is 0.715. The molecule has 3 nitrogen and oxygen atoms in total. The van der Waals surface area contributed by atoms with Crippen molar-refractivity contribution in [1.29, 1.82) is 0 Å². The summed E-state index contributed by atoms with van der Waals surface area (Å²) in [4.78, 5) is 4.03. The van der Waals surface area contributed by atoms with Gasteiger partial charge in [0, 0.05) is 10.7 Å². The van der Waals surface area contributed by atoms with Crippen LogP contribution in [-0.2, 0) is 0 Å². The Morgan fingerprint density at radius 3 is 3.08 bits per heavy atom. The summed E-state index contributed by atoms with van der Waals surface area (Å²) in [5.74, 6) is 0. The fourth-order valence-electron chi connectivity index (χ4n) is 1.08. The zero-order valence-corrected chi connectivity index (χ0v) is 8.59. The minimum Gasteiger partial charge on any atom is -0.235 e. The van der Waals surface area contributed by atoms with E-state index < -0.39 is 0 Å². The predicted octanol–water partition coefficient (Wildman–Crippen LogP) is 2.45. The Balaban J connectivity index is 2.88. The van der Waals surface area contributed by atoms with Gasteiger partial charge in [0.15, 0.2) is 0 Å². The van der Waals surface area contributed by atoms with Crippen LogP contribution in [0.1, 0.15) is 5.69 Å². The Bertz CT molecular complexity index is 437. The summed E-state index contributed by atoms with van der Waals surface area (Å²) in [7, 11) is 0. The molecule has 12 heavy (non-hydrogen) atoms. The lowest BCUT2D eigenvalue weighted by atomic mass is 10.4. The molecular formula is C7H5BrClN3. The Morgan fingerprint density at radius 1 is 1.58 bits per heavy atom. The van der Waals surface area contributed by atoms with E-state index in [2.05, 4.69) is 26.0 Å². The van der Waals surface area contributed by atoms with Gasteiger partial charge in [0.05, 0.1) is 11.2 Å². The molecule has 2 aromatic rings. The Morgan fingerprint density at radius 2 is 2.33 bits per heavy atom. The largest absolute Gasteiger partial charge is 0.241 e. The first-order chi connectivity index (χ1) is 5.66. The Hall–Kier alpha value is -0.610. The summed E-state index contributed by atoms with van der Waals surface area (Å²) >= 11 is 9.03. The molecule has 0 spiro atoms. The van der Waals surface area contributed by atoms with Gasteiger partial charge in [-0.05, 0) is 40.5 Å². The molecule has 0 radical (unpaired) electrons. The summed E-state index contributed by atoms with van der Waals surface area (Å²) < 4.78 is 2.68. The average Bonchev–Trinajstić information content (AvgIpc) is 2.29. The van der Waals surface area contributed by atoms with Crippen LogP contribution < -0.4 is 0 Å². The SMILES string of the molecule is Cc1nc(Cl)nn2cc(Br)cc12. The topological polar surface area (TPSA) is 30.2 Å². The zero-order valence-electron chi connectivity index (χ0n) is 6.25. The minimum absolute atomic E-state index is 0.267. The number of aromatic nitrogens is 3. The van der Waals surface area contributed by atoms with Crippen LogP contribution in [0.4, 0.5) is 0 Å². The van der Waals surface area contributed by atoms with Crippen molar-refractivity contribution in [2.75, 3.05) is 0 Å². The zero-order chi connectivity index (χ0) is 8.72. The third kappa shape index (κ3) is 1.21. The van der Waals surface area contributed by atoms with Gasteiger partial charge < -0.3 is 0 Å². The van der Waals surface area contributed by atoms with E-state index in [1.165, 1.54) is 0 Å². The molecule has 0 amide bonds. The normalized spacial score (nSPS) is 10.9. The molecule has 0 N–H and O–H groups in total. The fraction of sp³-hybridized carbons (Fsp3) is 0.143. The highest BCUT2D eigenvalue weighted by molar-refractivity contribution is 9.10. The summed E-state index contributed by atoms with van der Waals surface area (Å²) in [5, 5.41) is 4.27. The van der Waals surface area contributed by atoms with Crippen molar-refractivity contribution in [2.24, 2.45) is 0 Å². The summed E-state index contributed by atoms with van der Waals surface area (Å²) in [6, 6.07) is 1.95. The van der Waals surface area contributed by atoms with Crippen LogP contribution in [0.3, 0.4) is 0 Å². The van der Waals surface area contributed by atoms with Crippen molar-refractivity contribution in [3.8, 4) is 0 Å². The molecule has 2 heterocycles. The van der Waals surface area contributed by atoms with Crippen LogP contribution in [0.25, 0.3) is 5.52 Å². The number of hydrogen-bond acceptors (Lipinski definition) is 2. The molecule has 0 bridgehead atoms. The fourth-order valence-corrected chi connectivity index (χ4v) is 1.70. The number of nitrogens with zero attached hydrogens (tertiary/aromatic N) is 3. The molecular weight excluding hydrogens is 241 g/mol. The molecule has 2 rings (SSSR count). The van der Waals surface area contributed by atoms with Crippen LogP contribution in [0, 0.1) is 6.92 Å². The van der Waals surface area contributed by atoms with Crippen molar-refractivity contribution in [1.82, 2.24) is 14.6 Å². The van der Waals surface area contributed by atoms with Gasteiger partial charge in [0.1, 0.15) is 0 Å². The summed E-state index contributed by atoms with van der Waals surface area (Å²) in [5.41, 5.74) is 1.84. The van der Waals surface area contributed by atoms with E-state index in [4.69, 9.17) is 11.6 Å². The Kier molecular flexibility index (Phi) is 1.81. The lowest BCUT2D eigenvalue weighted by molar-refractivity contribution is 0.887. The molecule has 0 saturated carbocycles. The van der Waals surface area contributed by atoms with Gasteiger partial charge >= 0.3 is 0 Å². The van der Waals surface area contributed by atoms with Crippen molar-refractivity contribution < 1.29 is 0 Å². The highest BCUT2D eigenvalue weighted by Gasteiger charge is 2.03. The highest BCUT2D eigenvalue weighted by atomic mass is 79.9. The minimum atomic E-state index is 0.267. The van der Waals surface area contributed by atoms with Gasteiger partial charge in [-0.2, -0.15) is 0 Å². The third-order valence-electron chi connectivity index (χ3n) is 1.59. The molecule has 0 atom stereocenters. The van der Waals surface area contributed by atoms with E-state index in [9.17, 15) is 0 Å². The molecule has 2 aromatic heterocycles. The molecule has 0 unspecified atom stereocenters. The number of rotatable bonds is 0. The van der Waals surface area contributed by atoms with Crippen LogP contribution in [0.2, 0.25) is 5.28 Å².